The van der Waals surface area contributed by atoms with E-state index < -0.39 is 6.04 Å². The summed E-state index contributed by atoms with van der Waals surface area (Å²) in [4.78, 5) is 28.1. The maximum absolute atomic E-state index is 13.6. The van der Waals surface area contributed by atoms with Crippen LogP contribution in [0.3, 0.4) is 0 Å². The monoisotopic (exact) mass is 464 g/mol. The molecule has 0 bridgehead atoms. The van der Waals surface area contributed by atoms with Crippen LogP contribution in [0.4, 0.5) is 5.69 Å². The van der Waals surface area contributed by atoms with Gasteiger partial charge in [0, 0.05) is 28.0 Å². The molecule has 0 aliphatic carbocycles. The number of Topliss-reactive ketones (excluding diaryl/α,β-unsaturated/α-hetero) is 1. The van der Waals surface area contributed by atoms with E-state index in [1.165, 1.54) is 6.92 Å². The van der Waals surface area contributed by atoms with Crippen molar-refractivity contribution in [3.63, 3.8) is 0 Å². The molecule has 0 saturated heterocycles. The molecule has 6 heteroatoms. The van der Waals surface area contributed by atoms with Crippen molar-refractivity contribution in [2.24, 2.45) is 0 Å². The molecule has 0 radical (unpaired) electrons. The lowest BCUT2D eigenvalue weighted by Crippen LogP contribution is -2.37. The Kier molecular flexibility index (Phi) is 6.35. The number of allylic oxidation sites excluding steroid dienone is 1. The summed E-state index contributed by atoms with van der Waals surface area (Å²) in [5.74, 6) is -0.497. The summed E-state index contributed by atoms with van der Waals surface area (Å²) in [5, 5.41) is 4.09. The van der Waals surface area contributed by atoms with Crippen molar-refractivity contribution < 1.29 is 9.59 Å². The van der Waals surface area contributed by atoms with Crippen LogP contribution in [0.1, 0.15) is 36.6 Å². The number of carbonyl (C=O) groups is 2. The molecule has 1 aliphatic heterocycles. The Labute approximate surface area is 197 Å². The van der Waals surface area contributed by atoms with Crippen LogP contribution in [0.5, 0.6) is 0 Å². The fourth-order valence-corrected chi connectivity index (χ4v) is 4.38. The molecule has 1 N–H and O–H groups in total. The lowest BCUT2D eigenvalue weighted by atomic mass is 9.92. The number of halogens is 2. The molecule has 0 aromatic heterocycles. The van der Waals surface area contributed by atoms with Gasteiger partial charge in [-0.1, -0.05) is 65.7 Å². The number of ketones is 1. The zero-order valence-corrected chi connectivity index (χ0v) is 19.2. The fourth-order valence-electron chi connectivity index (χ4n) is 4.02. The Morgan fingerprint density at radius 3 is 2.28 bits per heavy atom. The van der Waals surface area contributed by atoms with Gasteiger partial charge in [-0.2, -0.15) is 0 Å². The minimum absolute atomic E-state index is 0.166. The second-order valence-electron chi connectivity index (χ2n) is 7.72. The minimum atomic E-state index is -0.783. The quantitative estimate of drug-likeness (QED) is 0.489. The first kappa shape index (κ1) is 22.1. The number of anilines is 1. The number of carbonyl (C=O) groups excluding carboxylic acids is 2. The highest BCUT2D eigenvalue weighted by molar-refractivity contribution is 6.32. The molecule has 32 heavy (non-hydrogen) atoms. The average molecular weight is 465 g/mol. The molecule has 0 saturated carbocycles. The lowest BCUT2D eigenvalue weighted by Gasteiger charge is -2.34. The standard InChI is InChI=1S/C26H22Cl2N2O2/c1-16-24(26(32)29-25(17(2)31)18-11-13-19(27)14-12-18)21-9-6-10-23(28)22(21)15-30(16)20-7-4-3-5-8-20/h3-14,25H,15H2,1-2H3,(H,29,32)/t25-/m1/s1. The molecule has 1 aliphatic rings. The first-order chi connectivity index (χ1) is 15.4. The Hall–Kier alpha value is -3.08. The zero-order chi connectivity index (χ0) is 22.8. The fraction of sp³-hybridized carbons (Fsp3) is 0.154. The number of rotatable bonds is 5. The van der Waals surface area contributed by atoms with Crippen LogP contribution in [-0.2, 0) is 16.1 Å². The largest absolute Gasteiger partial charge is 0.340 e. The van der Waals surface area contributed by atoms with Crippen molar-refractivity contribution in [3.8, 4) is 0 Å². The Morgan fingerprint density at radius 2 is 1.62 bits per heavy atom. The lowest BCUT2D eigenvalue weighted by molar-refractivity contribution is -0.124. The topological polar surface area (TPSA) is 49.4 Å². The third-order valence-corrected chi connectivity index (χ3v) is 6.26. The molecule has 0 spiro atoms. The van der Waals surface area contributed by atoms with Crippen molar-refractivity contribution in [3.05, 3.63) is 105 Å². The first-order valence-electron chi connectivity index (χ1n) is 10.2. The van der Waals surface area contributed by atoms with Crippen molar-refractivity contribution in [1.29, 1.82) is 0 Å². The molecular formula is C26H22Cl2N2O2. The van der Waals surface area contributed by atoms with Gasteiger partial charge in [-0.15, -0.1) is 0 Å². The number of amides is 1. The molecule has 162 valence electrons. The number of nitrogens with one attached hydrogen (secondary N) is 1. The van der Waals surface area contributed by atoms with Crippen molar-refractivity contribution >= 4 is 46.2 Å². The highest BCUT2D eigenvalue weighted by Gasteiger charge is 2.31. The maximum atomic E-state index is 13.6. The summed E-state index contributed by atoms with van der Waals surface area (Å²) in [6.07, 6.45) is 0. The summed E-state index contributed by atoms with van der Waals surface area (Å²) in [6.45, 7) is 3.93. The molecule has 4 nitrogen and oxygen atoms in total. The van der Waals surface area contributed by atoms with Gasteiger partial charge in [0.1, 0.15) is 6.04 Å². The third kappa shape index (κ3) is 4.29. The SMILES string of the molecule is CC(=O)[C@@H](NC(=O)C1=C(C)N(c2ccccc2)Cc2c(Cl)cccc21)c1ccc(Cl)cc1. The second kappa shape index (κ2) is 9.19. The highest BCUT2D eigenvalue weighted by Crippen LogP contribution is 2.38. The summed E-state index contributed by atoms with van der Waals surface area (Å²) in [6, 6.07) is 21.5. The number of para-hydroxylation sites is 1. The number of nitrogens with zero attached hydrogens (tertiary/aromatic N) is 1. The van der Waals surface area contributed by atoms with E-state index in [4.69, 9.17) is 23.2 Å². The van der Waals surface area contributed by atoms with Gasteiger partial charge in [-0.3, -0.25) is 9.59 Å². The van der Waals surface area contributed by atoms with Gasteiger partial charge in [0.05, 0.1) is 5.57 Å². The number of benzene rings is 3. The molecule has 1 heterocycles. The average Bonchev–Trinajstić information content (AvgIpc) is 2.78. The number of fused-ring (bicyclic) bond motifs is 1. The predicted octanol–water partition coefficient (Wildman–Crippen LogP) is 6.19. The van der Waals surface area contributed by atoms with E-state index in [1.54, 1.807) is 24.3 Å². The Morgan fingerprint density at radius 1 is 0.938 bits per heavy atom. The molecule has 3 aromatic rings. The third-order valence-electron chi connectivity index (χ3n) is 5.65. The molecule has 0 unspecified atom stereocenters. The van der Waals surface area contributed by atoms with E-state index in [0.717, 1.165) is 22.5 Å². The van der Waals surface area contributed by atoms with E-state index >= 15 is 0 Å². The van der Waals surface area contributed by atoms with Gasteiger partial charge < -0.3 is 10.2 Å². The Bertz CT molecular complexity index is 1200. The summed E-state index contributed by atoms with van der Waals surface area (Å²) in [7, 11) is 0. The van der Waals surface area contributed by atoms with E-state index in [0.29, 0.717) is 27.7 Å². The van der Waals surface area contributed by atoms with Gasteiger partial charge in [-0.25, -0.2) is 0 Å². The zero-order valence-electron chi connectivity index (χ0n) is 17.7. The van der Waals surface area contributed by atoms with E-state index in [9.17, 15) is 9.59 Å². The van der Waals surface area contributed by atoms with Crippen LogP contribution in [-0.4, -0.2) is 11.7 Å². The van der Waals surface area contributed by atoms with Gasteiger partial charge >= 0.3 is 0 Å². The molecular weight excluding hydrogens is 443 g/mol. The molecule has 3 aromatic carbocycles. The normalized spacial score (nSPS) is 14.1. The van der Waals surface area contributed by atoms with Crippen LogP contribution in [0.15, 0.2) is 78.5 Å². The van der Waals surface area contributed by atoms with Gasteiger partial charge in [0.2, 0.25) is 0 Å². The van der Waals surface area contributed by atoms with Crippen LogP contribution in [0, 0.1) is 0 Å². The first-order valence-corrected chi connectivity index (χ1v) is 11.0. The number of hydrogen-bond acceptors (Lipinski definition) is 3. The molecule has 0 fully saturated rings. The molecule has 1 atom stereocenters. The van der Waals surface area contributed by atoms with Crippen LogP contribution >= 0.6 is 23.2 Å². The maximum Gasteiger partial charge on any atom is 0.254 e. The Balaban J connectivity index is 1.77. The van der Waals surface area contributed by atoms with E-state index in [-0.39, 0.29) is 11.7 Å². The van der Waals surface area contributed by atoms with Crippen LogP contribution < -0.4 is 10.2 Å². The highest BCUT2D eigenvalue weighted by atomic mass is 35.5. The summed E-state index contributed by atoms with van der Waals surface area (Å²) >= 11 is 12.5. The van der Waals surface area contributed by atoms with Crippen molar-refractivity contribution in [2.75, 3.05) is 4.90 Å². The summed E-state index contributed by atoms with van der Waals surface area (Å²) in [5.41, 5.74) is 4.58. The van der Waals surface area contributed by atoms with E-state index in [1.807, 2.05) is 55.5 Å². The van der Waals surface area contributed by atoms with Crippen molar-refractivity contribution in [1.82, 2.24) is 5.32 Å². The molecule has 1 amide bonds. The smallest absolute Gasteiger partial charge is 0.254 e. The van der Waals surface area contributed by atoms with Crippen LogP contribution in [0.25, 0.3) is 5.57 Å². The van der Waals surface area contributed by atoms with Gasteiger partial charge in [-0.05, 0) is 60.9 Å². The van der Waals surface area contributed by atoms with Crippen LogP contribution in [0.2, 0.25) is 10.0 Å². The minimum Gasteiger partial charge on any atom is -0.340 e. The van der Waals surface area contributed by atoms with Gasteiger partial charge in [0.25, 0.3) is 5.91 Å². The van der Waals surface area contributed by atoms with Crippen molar-refractivity contribution in [2.45, 2.75) is 26.4 Å². The number of hydrogen-bond donors (Lipinski definition) is 1. The predicted molar refractivity (Wildman–Crippen MR) is 130 cm³/mol. The van der Waals surface area contributed by atoms with Gasteiger partial charge in [0.15, 0.2) is 5.78 Å². The second-order valence-corrected chi connectivity index (χ2v) is 8.56. The molecule has 4 rings (SSSR count). The van der Waals surface area contributed by atoms with E-state index in [2.05, 4.69) is 10.2 Å². The summed E-state index contributed by atoms with van der Waals surface area (Å²) < 4.78 is 0.